The van der Waals surface area contributed by atoms with E-state index >= 15 is 0 Å². The second-order valence-electron chi connectivity index (χ2n) is 6.08. The molecule has 0 heterocycles. The lowest BCUT2D eigenvalue weighted by molar-refractivity contribution is 0.0585. The molecule has 1 aromatic carbocycles. The van der Waals surface area contributed by atoms with Crippen molar-refractivity contribution in [2.75, 3.05) is 13.6 Å². The van der Waals surface area contributed by atoms with Crippen LogP contribution in [0.3, 0.4) is 0 Å². The van der Waals surface area contributed by atoms with Crippen molar-refractivity contribution >= 4 is 0 Å². The minimum atomic E-state index is -0.810. The second kappa shape index (κ2) is 4.79. The van der Waals surface area contributed by atoms with Gasteiger partial charge in [0.15, 0.2) is 0 Å². The first-order chi connectivity index (χ1) is 7.68. The summed E-state index contributed by atoms with van der Waals surface area (Å²) in [5, 5.41) is 13.4. The standard InChI is InChI=1S/C15H25NO/c1-11-9-12(14(2,3)4)7-8-13(11)15(5,17)10-16-6/h7-9,16-17H,10H2,1-6H3. The van der Waals surface area contributed by atoms with E-state index in [2.05, 4.69) is 45.1 Å². The van der Waals surface area contributed by atoms with Gasteiger partial charge in [-0.05, 0) is 43.0 Å². The highest BCUT2D eigenvalue weighted by molar-refractivity contribution is 5.37. The molecule has 2 N–H and O–H groups in total. The van der Waals surface area contributed by atoms with E-state index in [1.807, 2.05) is 20.0 Å². The van der Waals surface area contributed by atoms with Gasteiger partial charge in [0.25, 0.3) is 0 Å². The van der Waals surface area contributed by atoms with Crippen LogP contribution in [0, 0.1) is 6.92 Å². The summed E-state index contributed by atoms with van der Waals surface area (Å²) in [5.74, 6) is 0. The van der Waals surface area contributed by atoms with E-state index in [1.54, 1.807) is 0 Å². The lowest BCUT2D eigenvalue weighted by Gasteiger charge is -2.27. The van der Waals surface area contributed by atoms with Gasteiger partial charge in [0, 0.05) is 6.54 Å². The van der Waals surface area contributed by atoms with Gasteiger partial charge in [0.05, 0.1) is 5.60 Å². The summed E-state index contributed by atoms with van der Waals surface area (Å²) in [4.78, 5) is 0. The van der Waals surface area contributed by atoms with Gasteiger partial charge in [-0.3, -0.25) is 0 Å². The van der Waals surface area contributed by atoms with Crippen molar-refractivity contribution in [3.05, 3.63) is 34.9 Å². The maximum atomic E-state index is 10.4. The van der Waals surface area contributed by atoms with E-state index < -0.39 is 5.60 Å². The lowest BCUT2D eigenvalue weighted by Crippen LogP contribution is -2.34. The summed E-state index contributed by atoms with van der Waals surface area (Å²) >= 11 is 0. The molecule has 1 aromatic rings. The summed E-state index contributed by atoms with van der Waals surface area (Å²) in [7, 11) is 1.85. The molecule has 0 spiro atoms. The summed E-state index contributed by atoms with van der Waals surface area (Å²) in [5.41, 5.74) is 2.80. The first-order valence-corrected chi connectivity index (χ1v) is 6.17. The van der Waals surface area contributed by atoms with Gasteiger partial charge in [-0.25, -0.2) is 0 Å². The fourth-order valence-corrected chi connectivity index (χ4v) is 2.17. The Kier molecular flexibility index (Phi) is 4.00. The average molecular weight is 235 g/mol. The first kappa shape index (κ1) is 14.2. The Morgan fingerprint density at radius 2 is 1.76 bits per heavy atom. The van der Waals surface area contributed by atoms with Gasteiger partial charge in [0.2, 0.25) is 0 Å². The molecule has 0 aliphatic rings. The molecule has 0 saturated heterocycles. The van der Waals surface area contributed by atoms with Crippen molar-refractivity contribution in [1.29, 1.82) is 0 Å². The number of rotatable bonds is 3. The molecule has 0 aromatic heterocycles. The Balaban J connectivity index is 3.14. The van der Waals surface area contributed by atoms with Crippen LogP contribution in [0.15, 0.2) is 18.2 Å². The van der Waals surface area contributed by atoms with Crippen molar-refractivity contribution in [2.45, 2.75) is 45.6 Å². The molecule has 17 heavy (non-hydrogen) atoms. The zero-order chi connectivity index (χ0) is 13.3. The van der Waals surface area contributed by atoms with Crippen molar-refractivity contribution < 1.29 is 5.11 Å². The van der Waals surface area contributed by atoms with E-state index in [-0.39, 0.29) is 5.41 Å². The van der Waals surface area contributed by atoms with E-state index in [1.165, 1.54) is 5.56 Å². The molecule has 2 heteroatoms. The lowest BCUT2D eigenvalue weighted by atomic mass is 9.83. The number of nitrogens with one attached hydrogen (secondary N) is 1. The highest BCUT2D eigenvalue weighted by atomic mass is 16.3. The molecule has 0 fully saturated rings. The van der Waals surface area contributed by atoms with E-state index in [4.69, 9.17) is 0 Å². The predicted octanol–water partition coefficient (Wildman–Crippen LogP) is 2.72. The van der Waals surface area contributed by atoms with Crippen molar-refractivity contribution in [2.24, 2.45) is 0 Å². The quantitative estimate of drug-likeness (QED) is 0.844. The fourth-order valence-electron chi connectivity index (χ4n) is 2.17. The van der Waals surface area contributed by atoms with Crippen LogP contribution >= 0.6 is 0 Å². The molecular weight excluding hydrogens is 210 g/mol. The maximum absolute atomic E-state index is 10.4. The molecule has 0 bridgehead atoms. The van der Waals surface area contributed by atoms with Crippen LogP contribution in [0.1, 0.15) is 44.4 Å². The number of likely N-dealkylation sites (N-methyl/N-ethyl adjacent to an activating group) is 1. The Bertz CT molecular complexity index is 388. The molecule has 2 nitrogen and oxygen atoms in total. The maximum Gasteiger partial charge on any atom is 0.0994 e. The number of aryl methyl sites for hydroxylation is 1. The smallest absolute Gasteiger partial charge is 0.0994 e. The summed E-state index contributed by atoms with van der Waals surface area (Å²) in [6.07, 6.45) is 0. The van der Waals surface area contributed by atoms with Crippen molar-refractivity contribution in [3.63, 3.8) is 0 Å². The highest BCUT2D eigenvalue weighted by Gasteiger charge is 2.25. The molecule has 0 radical (unpaired) electrons. The zero-order valence-corrected chi connectivity index (χ0v) is 11.9. The van der Waals surface area contributed by atoms with Crippen LogP contribution in [-0.2, 0) is 11.0 Å². The highest BCUT2D eigenvalue weighted by Crippen LogP contribution is 2.29. The van der Waals surface area contributed by atoms with E-state index in [0.717, 1.165) is 11.1 Å². The molecular formula is C15H25NO. The largest absolute Gasteiger partial charge is 0.384 e. The van der Waals surface area contributed by atoms with Gasteiger partial charge >= 0.3 is 0 Å². The first-order valence-electron chi connectivity index (χ1n) is 6.17. The molecule has 1 rings (SSSR count). The van der Waals surface area contributed by atoms with E-state index in [0.29, 0.717) is 6.54 Å². The number of aliphatic hydroxyl groups is 1. The third kappa shape index (κ3) is 3.30. The van der Waals surface area contributed by atoms with Crippen LogP contribution in [-0.4, -0.2) is 18.7 Å². The van der Waals surface area contributed by atoms with Gasteiger partial charge in [-0.1, -0.05) is 39.0 Å². The van der Waals surface area contributed by atoms with Crippen LogP contribution in [0.25, 0.3) is 0 Å². The summed E-state index contributed by atoms with van der Waals surface area (Å²) < 4.78 is 0. The van der Waals surface area contributed by atoms with Gasteiger partial charge in [0.1, 0.15) is 0 Å². The molecule has 96 valence electrons. The third-order valence-electron chi connectivity index (χ3n) is 3.19. The Hall–Kier alpha value is -0.860. The van der Waals surface area contributed by atoms with Crippen LogP contribution in [0.2, 0.25) is 0 Å². The Morgan fingerprint density at radius 3 is 2.18 bits per heavy atom. The molecule has 0 saturated carbocycles. The average Bonchev–Trinajstić information content (AvgIpc) is 2.15. The van der Waals surface area contributed by atoms with Gasteiger partial charge < -0.3 is 10.4 Å². The minimum Gasteiger partial charge on any atom is -0.384 e. The normalized spacial score (nSPS) is 15.7. The Morgan fingerprint density at radius 1 is 1.18 bits per heavy atom. The number of hydrogen-bond donors (Lipinski definition) is 2. The van der Waals surface area contributed by atoms with E-state index in [9.17, 15) is 5.11 Å². The summed E-state index contributed by atoms with van der Waals surface area (Å²) in [6.45, 7) is 11.1. The topological polar surface area (TPSA) is 32.3 Å². The second-order valence-corrected chi connectivity index (χ2v) is 6.08. The summed E-state index contributed by atoms with van der Waals surface area (Å²) in [6, 6.07) is 6.35. The number of benzene rings is 1. The van der Waals surface area contributed by atoms with Gasteiger partial charge in [-0.15, -0.1) is 0 Å². The van der Waals surface area contributed by atoms with Crippen molar-refractivity contribution in [3.8, 4) is 0 Å². The Labute approximate surface area is 105 Å². The van der Waals surface area contributed by atoms with Crippen LogP contribution in [0.4, 0.5) is 0 Å². The molecule has 0 aliphatic carbocycles. The fraction of sp³-hybridized carbons (Fsp3) is 0.600. The minimum absolute atomic E-state index is 0.151. The SMILES string of the molecule is CNCC(C)(O)c1ccc(C(C)(C)C)cc1C. The van der Waals surface area contributed by atoms with Crippen LogP contribution in [0.5, 0.6) is 0 Å². The monoisotopic (exact) mass is 235 g/mol. The van der Waals surface area contributed by atoms with Crippen molar-refractivity contribution in [1.82, 2.24) is 5.32 Å². The van der Waals surface area contributed by atoms with Crippen LogP contribution < -0.4 is 5.32 Å². The molecule has 0 amide bonds. The zero-order valence-electron chi connectivity index (χ0n) is 11.9. The third-order valence-corrected chi connectivity index (χ3v) is 3.19. The molecule has 0 aliphatic heterocycles. The molecule has 1 unspecified atom stereocenters. The van der Waals surface area contributed by atoms with Gasteiger partial charge in [-0.2, -0.15) is 0 Å². The predicted molar refractivity (Wildman–Crippen MR) is 73.4 cm³/mol. The number of hydrogen-bond acceptors (Lipinski definition) is 2. The molecule has 1 atom stereocenters.